The number of amides is 1. The zero-order chi connectivity index (χ0) is 16.9. The van der Waals surface area contributed by atoms with Gasteiger partial charge in [0, 0.05) is 43.8 Å². The minimum absolute atomic E-state index is 0. The van der Waals surface area contributed by atoms with Crippen LogP contribution < -0.4 is 10.6 Å². The number of nitrogens with zero attached hydrogens (tertiary/aromatic N) is 1. The number of hydrogen-bond donors (Lipinski definition) is 2. The minimum atomic E-state index is -0.626. The van der Waals surface area contributed by atoms with E-state index >= 15 is 0 Å². The molecular weight excluding hydrogens is 393 g/mol. The van der Waals surface area contributed by atoms with E-state index in [0.29, 0.717) is 0 Å². The van der Waals surface area contributed by atoms with Crippen LogP contribution in [0, 0.1) is 0 Å². The summed E-state index contributed by atoms with van der Waals surface area (Å²) in [6.45, 7) is 4.83. The van der Waals surface area contributed by atoms with Gasteiger partial charge in [-0.05, 0) is 38.8 Å². The fraction of sp³-hybridized carbons (Fsp3) is 0.944. The number of rotatable bonds is 5. The summed E-state index contributed by atoms with van der Waals surface area (Å²) in [7, 11) is 1.68. The molecule has 2 saturated heterocycles. The van der Waals surface area contributed by atoms with Gasteiger partial charge in [-0.1, -0.05) is 19.3 Å². The van der Waals surface area contributed by atoms with Crippen LogP contribution in [0.25, 0.3) is 0 Å². The number of halogens is 2. The molecule has 1 saturated carbocycles. The van der Waals surface area contributed by atoms with Crippen LogP contribution in [0.4, 0.5) is 0 Å². The Bertz CT molecular complexity index is 425. The standard InChI is InChI=1S/C18H33N3O2S.2ClH/c1-23-18(7-9-19-10-8-18)16(22)20-15-17(5-3-2-4-6-17)21-11-13-24-14-12-21;;/h19H,2-15H2,1H3,(H,20,22);2*1H. The third kappa shape index (κ3) is 5.42. The molecular formula is C18H35Cl2N3O2S. The third-order valence-corrected chi connectivity index (χ3v) is 7.20. The van der Waals surface area contributed by atoms with Crippen molar-refractivity contribution in [2.45, 2.75) is 56.1 Å². The maximum atomic E-state index is 12.9. The van der Waals surface area contributed by atoms with Gasteiger partial charge in [-0.15, -0.1) is 24.8 Å². The number of nitrogens with one attached hydrogen (secondary N) is 2. The highest BCUT2D eigenvalue weighted by Crippen LogP contribution is 2.35. The van der Waals surface area contributed by atoms with E-state index in [2.05, 4.69) is 27.3 Å². The van der Waals surface area contributed by atoms with Crippen LogP contribution in [0.2, 0.25) is 0 Å². The second-order valence-electron chi connectivity index (χ2n) is 7.52. The predicted octanol–water partition coefficient (Wildman–Crippen LogP) is 2.47. The van der Waals surface area contributed by atoms with Crippen LogP contribution in [0.3, 0.4) is 0 Å². The summed E-state index contributed by atoms with van der Waals surface area (Å²) in [6, 6.07) is 0. The van der Waals surface area contributed by atoms with E-state index in [0.717, 1.165) is 32.5 Å². The van der Waals surface area contributed by atoms with Crippen molar-refractivity contribution in [3.8, 4) is 0 Å². The first-order valence-corrected chi connectivity index (χ1v) is 10.7. The maximum absolute atomic E-state index is 12.9. The first-order valence-electron chi connectivity index (χ1n) is 9.58. The summed E-state index contributed by atoms with van der Waals surface area (Å²) in [5.74, 6) is 2.55. The van der Waals surface area contributed by atoms with Crippen molar-refractivity contribution in [3.05, 3.63) is 0 Å². The van der Waals surface area contributed by atoms with Crippen molar-refractivity contribution in [1.29, 1.82) is 0 Å². The smallest absolute Gasteiger partial charge is 0.252 e. The van der Waals surface area contributed by atoms with E-state index in [9.17, 15) is 4.79 Å². The molecule has 3 rings (SSSR count). The molecule has 0 atom stereocenters. The van der Waals surface area contributed by atoms with Crippen LogP contribution in [-0.4, -0.2) is 73.3 Å². The topological polar surface area (TPSA) is 53.6 Å². The third-order valence-electron chi connectivity index (χ3n) is 6.26. The molecule has 1 amide bonds. The highest BCUT2D eigenvalue weighted by Gasteiger charge is 2.43. The highest BCUT2D eigenvalue weighted by atomic mass is 35.5. The summed E-state index contributed by atoms with van der Waals surface area (Å²) in [5, 5.41) is 6.63. The first-order chi connectivity index (χ1) is 11.7. The van der Waals surface area contributed by atoms with Crippen molar-refractivity contribution in [3.63, 3.8) is 0 Å². The molecule has 3 aliphatic rings. The van der Waals surface area contributed by atoms with Crippen LogP contribution in [0.1, 0.15) is 44.9 Å². The van der Waals surface area contributed by atoms with Crippen molar-refractivity contribution in [2.24, 2.45) is 0 Å². The average Bonchev–Trinajstić information content (AvgIpc) is 2.68. The van der Waals surface area contributed by atoms with Gasteiger partial charge < -0.3 is 15.4 Å². The molecule has 0 aromatic heterocycles. The van der Waals surface area contributed by atoms with Gasteiger partial charge in [0.2, 0.25) is 0 Å². The first kappa shape index (κ1) is 24.3. The fourth-order valence-corrected chi connectivity index (χ4v) is 5.52. The quantitative estimate of drug-likeness (QED) is 0.705. The van der Waals surface area contributed by atoms with Crippen LogP contribution in [0.5, 0.6) is 0 Å². The van der Waals surface area contributed by atoms with Crippen molar-refractivity contribution in [1.82, 2.24) is 15.5 Å². The lowest BCUT2D eigenvalue weighted by molar-refractivity contribution is -0.147. The molecule has 8 heteroatoms. The number of thioether (sulfide) groups is 1. The maximum Gasteiger partial charge on any atom is 0.252 e. The Hall–Kier alpha value is 0.280. The van der Waals surface area contributed by atoms with Gasteiger partial charge >= 0.3 is 0 Å². The fourth-order valence-electron chi connectivity index (χ4n) is 4.61. The zero-order valence-electron chi connectivity index (χ0n) is 15.9. The minimum Gasteiger partial charge on any atom is -0.368 e. The van der Waals surface area contributed by atoms with E-state index in [1.54, 1.807) is 7.11 Å². The van der Waals surface area contributed by atoms with E-state index in [1.807, 2.05) is 0 Å². The molecule has 0 spiro atoms. The van der Waals surface area contributed by atoms with Crippen molar-refractivity contribution < 1.29 is 9.53 Å². The summed E-state index contributed by atoms with van der Waals surface area (Å²) in [6.07, 6.45) is 7.90. The van der Waals surface area contributed by atoms with E-state index in [-0.39, 0.29) is 36.3 Å². The summed E-state index contributed by atoms with van der Waals surface area (Å²) < 4.78 is 5.69. The SMILES string of the molecule is COC1(C(=O)NCC2(N3CCSCC3)CCCCC2)CCNCC1.Cl.Cl. The lowest BCUT2D eigenvalue weighted by Crippen LogP contribution is -2.62. The Balaban J connectivity index is 0.00000169. The molecule has 2 N–H and O–H groups in total. The lowest BCUT2D eigenvalue weighted by Gasteiger charge is -2.48. The van der Waals surface area contributed by atoms with E-state index in [4.69, 9.17) is 4.74 Å². The molecule has 0 bridgehead atoms. The number of hydrogen-bond acceptors (Lipinski definition) is 5. The van der Waals surface area contributed by atoms with E-state index < -0.39 is 5.60 Å². The van der Waals surface area contributed by atoms with Crippen molar-refractivity contribution >= 4 is 42.5 Å². The molecule has 3 fully saturated rings. The van der Waals surface area contributed by atoms with Gasteiger partial charge in [0.05, 0.1) is 0 Å². The van der Waals surface area contributed by atoms with Crippen LogP contribution in [-0.2, 0) is 9.53 Å². The Morgan fingerprint density at radius 3 is 2.27 bits per heavy atom. The second kappa shape index (κ2) is 11.3. The molecule has 2 aliphatic heterocycles. The molecule has 0 aromatic rings. The molecule has 0 aromatic carbocycles. The zero-order valence-corrected chi connectivity index (χ0v) is 18.3. The monoisotopic (exact) mass is 427 g/mol. The van der Waals surface area contributed by atoms with Gasteiger partial charge in [-0.25, -0.2) is 0 Å². The summed E-state index contributed by atoms with van der Waals surface area (Å²) in [4.78, 5) is 15.6. The van der Waals surface area contributed by atoms with Gasteiger partial charge in [0.15, 0.2) is 0 Å². The molecule has 26 heavy (non-hydrogen) atoms. The number of ether oxygens (including phenoxy) is 1. The molecule has 154 valence electrons. The number of methoxy groups -OCH3 is 1. The molecule has 5 nitrogen and oxygen atoms in total. The number of piperidine rings is 1. The molecule has 0 radical (unpaired) electrons. The second-order valence-corrected chi connectivity index (χ2v) is 8.74. The largest absolute Gasteiger partial charge is 0.368 e. The summed E-state index contributed by atoms with van der Waals surface area (Å²) in [5.41, 5.74) is -0.449. The lowest BCUT2D eigenvalue weighted by atomic mass is 9.79. The number of carbonyl (C=O) groups is 1. The predicted molar refractivity (Wildman–Crippen MR) is 114 cm³/mol. The normalized spacial score (nSPS) is 25.4. The van der Waals surface area contributed by atoms with Gasteiger partial charge in [0.1, 0.15) is 5.60 Å². The number of carbonyl (C=O) groups excluding carboxylic acids is 1. The van der Waals surface area contributed by atoms with Gasteiger partial charge in [0.25, 0.3) is 5.91 Å². The molecule has 0 unspecified atom stereocenters. The van der Waals surface area contributed by atoms with Crippen molar-refractivity contribution in [2.75, 3.05) is 51.3 Å². The van der Waals surface area contributed by atoms with Gasteiger partial charge in [-0.2, -0.15) is 11.8 Å². The highest BCUT2D eigenvalue weighted by molar-refractivity contribution is 7.99. The Morgan fingerprint density at radius 1 is 1.08 bits per heavy atom. The molecule has 2 heterocycles. The van der Waals surface area contributed by atoms with Crippen LogP contribution in [0.15, 0.2) is 0 Å². The van der Waals surface area contributed by atoms with E-state index in [1.165, 1.54) is 56.7 Å². The molecule has 1 aliphatic carbocycles. The van der Waals surface area contributed by atoms with Crippen LogP contribution >= 0.6 is 36.6 Å². The summed E-state index contributed by atoms with van der Waals surface area (Å²) >= 11 is 2.06. The Morgan fingerprint density at radius 2 is 1.69 bits per heavy atom. The van der Waals surface area contributed by atoms with Gasteiger partial charge in [-0.3, -0.25) is 9.69 Å². The Labute approximate surface area is 174 Å². The average molecular weight is 428 g/mol. The Kier molecular flexibility index (Phi) is 10.6.